The summed E-state index contributed by atoms with van der Waals surface area (Å²) in [6.07, 6.45) is 7.16. The standard InChI is InChI=1S/C19H27N3O4.C14H21N3O4.C5H8O3S.CH2O3.2Cs.I2.H/c1-6-8-9-11-22-16(17(23)25-7-2)14-13-21(12-10-15(14)20-22)18(24)26-19(3,4)5;1-5-20-12(18)11-9-8-17(7-6-10(9)15-16-11)13(19)21-14(2,3)4;1-3-4-5-8-9(2,6)7;2-1-4-3;;;1-2;/h7,9-13H2,1-5H3;5-8H2,1-4H3,(H,15,16);1H,4-5H2,2H3;1,3H;;;;/q;;;;2*+1;;-1/p-1. The minimum absolute atomic E-state index is 0. The van der Waals surface area contributed by atoms with Crippen LogP contribution in [0, 0.1) is 24.2 Å². The molecule has 2 aromatic heterocycles. The normalized spacial score (nSPS) is 12.2. The summed E-state index contributed by atoms with van der Waals surface area (Å²) in [5, 5.41) is 19.8. The van der Waals surface area contributed by atoms with Gasteiger partial charge in [-0.25, -0.2) is 19.2 Å². The number of hydrogen-bond acceptors (Lipinski definition) is 16. The van der Waals surface area contributed by atoms with Gasteiger partial charge < -0.3 is 40.3 Å². The van der Waals surface area contributed by atoms with E-state index in [0.717, 1.165) is 23.2 Å². The predicted octanol–water partition coefficient (Wildman–Crippen LogP) is -1.04. The van der Waals surface area contributed by atoms with Gasteiger partial charge in [-0.15, -0.1) is 24.2 Å². The number of nitrogens with zero attached hydrogens (tertiary/aromatic N) is 5. The van der Waals surface area contributed by atoms with Crippen molar-refractivity contribution in [1.82, 2.24) is 29.8 Å². The summed E-state index contributed by atoms with van der Waals surface area (Å²) in [6.45, 7) is 18.8. The van der Waals surface area contributed by atoms with Crippen molar-refractivity contribution in [2.45, 2.75) is 119 Å². The Morgan fingerprint density at radius 1 is 0.906 bits per heavy atom. The third-order valence-corrected chi connectivity index (χ3v) is 8.08. The number of rotatable bonds is 10. The number of terminal acetylenes is 1. The van der Waals surface area contributed by atoms with Crippen molar-refractivity contribution in [2.75, 3.05) is 39.2 Å². The number of aromatic nitrogens is 4. The molecule has 4 heterocycles. The zero-order chi connectivity index (χ0) is 47.7. The first-order valence-corrected chi connectivity index (χ1v) is 27.1. The molecule has 20 nitrogen and oxygen atoms in total. The molecule has 0 saturated heterocycles. The summed E-state index contributed by atoms with van der Waals surface area (Å²) >= 11 is 4.24. The van der Waals surface area contributed by atoms with Crippen molar-refractivity contribution in [3.63, 3.8) is 0 Å². The molecule has 0 aliphatic carbocycles. The van der Waals surface area contributed by atoms with Crippen molar-refractivity contribution in [3.05, 3.63) is 33.9 Å². The van der Waals surface area contributed by atoms with Crippen molar-refractivity contribution in [3.8, 4) is 24.2 Å². The predicted molar refractivity (Wildman–Crippen MR) is 242 cm³/mol. The Morgan fingerprint density at radius 3 is 1.86 bits per heavy atom. The van der Waals surface area contributed by atoms with Gasteiger partial charge in [0.05, 0.1) is 51.4 Å². The van der Waals surface area contributed by atoms with Crippen LogP contribution >= 0.6 is 37.2 Å². The molecule has 0 bridgehead atoms. The Morgan fingerprint density at radius 2 is 1.41 bits per heavy atom. The molecule has 0 saturated carbocycles. The number of H-pyrrole nitrogens is 1. The number of aryl methyl sites for hydroxylation is 1. The summed E-state index contributed by atoms with van der Waals surface area (Å²) in [5.41, 5.74) is 2.71. The van der Waals surface area contributed by atoms with Gasteiger partial charge in [-0.3, -0.25) is 18.8 Å². The van der Waals surface area contributed by atoms with Crippen LogP contribution in [0.5, 0.6) is 0 Å². The Balaban J connectivity index is -0.000000427. The molecule has 0 spiro atoms. The van der Waals surface area contributed by atoms with E-state index < -0.39 is 33.3 Å². The van der Waals surface area contributed by atoms with E-state index in [-0.39, 0.29) is 190 Å². The molecule has 0 fully saturated rings. The average molecular weight is 1390 g/mol. The first kappa shape index (κ1) is 68.2. The average Bonchev–Trinajstić information content (AvgIpc) is 3.79. The van der Waals surface area contributed by atoms with Gasteiger partial charge in [0, 0.05) is 92.8 Å². The third-order valence-electron chi connectivity index (χ3n) is 7.48. The largest absolute Gasteiger partial charge is 1.00 e. The second-order valence-corrected chi connectivity index (χ2v) is 16.3. The van der Waals surface area contributed by atoms with Crippen LogP contribution < -0.4 is 143 Å². The van der Waals surface area contributed by atoms with Crippen molar-refractivity contribution < 1.29 is 205 Å². The molecule has 350 valence electrons. The molecule has 2 aromatic rings. The second-order valence-electron chi connectivity index (χ2n) is 14.6. The summed E-state index contributed by atoms with van der Waals surface area (Å²) in [5.74, 6) is 7.18. The van der Waals surface area contributed by atoms with Crippen LogP contribution in [0.2, 0.25) is 0 Å². The monoisotopic (exact) mass is 1390 g/mol. The fourth-order valence-corrected chi connectivity index (χ4v) is 5.57. The van der Waals surface area contributed by atoms with E-state index >= 15 is 0 Å². The number of carbonyl (C=O) groups excluding carboxylic acids is 5. The van der Waals surface area contributed by atoms with Crippen molar-refractivity contribution in [2.24, 2.45) is 0 Å². The fraction of sp³-hybridized carbons (Fsp3) is 0.615. The topological polar surface area (TPSA) is 251 Å². The number of carbonyl (C=O) groups is 5. The summed E-state index contributed by atoms with van der Waals surface area (Å²) in [4.78, 5) is 63.3. The van der Waals surface area contributed by atoms with Crippen molar-refractivity contribution >= 4 is 77.9 Å². The maximum atomic E-state index is 12.5. The van der Waals surface area contributed by atoms with Crippen LogP contribution in [0.25, 0.3) is 0 Å². The quantitative estimate of drug-likeness (QED) is 0.0343. The smallest absolute Gasteiger partial charge is 1.00 e. The van der Waals surface area contributed by atoms with Crippen LogP contribution in [0.3, 0.4) is 0 Å². The number of esters is 2. The SMILES string of the molecule is C#CCCOS(C)(=O)=O.CC#CCCn1nc2c(c1C(=O)OCC)CN(C(=O)OC(C)(C)C)CC2.CCOC(=O)c1n[nH]c2c1CN(C(=O)OC(C)(C)C)CC2.II.O=CO[O-].[Cs+].[Cs+].[H-]. The number of fused-ring (bicyclic) bond motifs is 2. The zero-order valence-corrected chi connectivity index (χ0v) is 56.4. The van der Waals surface area contributed by atoms with Crippen molar-refractivity contribution in [1.29, 1.82) is 0 Å². The van der Waals surface area contributed by atoms with Gasteiger partial charge in [0.2, 0.25) is 0 Å². The van der Waals surface area contributed by atoms with Gasteiger partial charge in [0.15, 0.2) is 11.4 Å². The minimum Gasteiger partial charge on any atom is -1.00 e. The van der Waals surface area contributed by atoms with Crippen LogP contribution in [-0.4, -0.2) is 119 Å². The first-order valence-electron chi connectivity index (χ1n) is 19.0. The Bertz CT molecular complexity index is 1990. The number of amides is 2. The number of hydrogen-bond donors (Lipinski definition) is 1. The van der Waals surface area contributed by atoms with E-state index in [1.165, 1.54) is 0 Å². The third kappa shape index (κ3) is 27.8. The minimum atomic E-state index is -3.29. The van der Waals surface area contributed by atoms with Gasteiger partial charge in [-0.1, -0.05) is 0 Å². The first-order chi connectivity index (χ1) is 29.1. The maximum absolute atomic E-state index is 12.5. The van der Waals surface area contributed by atoms with Crippen LogP contribution in [0.15, 0.2) is 0 Å². The molecule has 0 atom stereocenters. The molecular weight excluding hydrogens is 1330 g/mol. The number of aromatic amines is 1. The van der Waals surface area contributed by atoms with E-state index in [9.17, 15) is 27.6 Å². The van der Waals surface area contributed by atoms with Crippen LogP contribution in [0.4, 0.5) is 9.59 Å². The van der Waals surface area contributed by atoms with E-state index in [4.69, 9.17) is 35.4 Å². The molecule has 0 unspecified atom stereocenters. The molecule has 64 heavy (non-hydrogen) atoms. The zero-order valence-electron chi connectivity index (χ0n) is 39.8. The number of ether oxygens (including phenoxy) is 4. The number of halogens is 2. The molecule has 4 rings (SSSR count). The van der Waals surface area contributed by atoms with Gasteiger partial charge in [-0.2, -0.15) is 18.6 Å². The number of nitrogens with one attached hydrogen (secondary N) is 1. The Labute approximate surface area is 519 Å². The maximum Gasteiger partial charge on any atom is 1.00 e. The van der Waals surface area contributed by atoms with Gasteiger partial charge in [-0.05, 0) is 62.3 Å². The molecule has 0 radical (unpaired) electrons. The molecular formula is C39H58Cs2I2N6O14S. The molecule has 2 aliphatic rings. The van der Waals surface area contributed by atoms with E-state index in [1.807, 2.05) is 41.5 Å². The Kier molecular flexibility index (Phi) is 38.3. The molecule has 25 heteroatoms. The summed E-state index contributed by atoms with van der Waals surface area (Å²) in [6, 6.07) is 0. The van der Waals surface area contributed by atoms with Crippen LogP contribution in [0.1, 0.15) is 120 Å². The molecule has 0 aromatic carbocycles. The molecule has 1 N–H and O–H groups in total. The second kappa shape index (κ2) is 36.0. The van der Waals surface area contributed by atoms with Gasteiger partial charge >= 0.3 is 162 Å². The molecule has 2 aliphatic heterocycles. The summed E-state index contributed by atoms with van der Waals surface area (Å²) in [7, 11) is -3.29. The Hall–Kier alpha value is -0.0761. The van der Waals surface area contributed by atoms with E-state index in [2.05, 4.69) is 79.4 Å². The summed E-state index contributed by atoms with van der Waals surface area (Å²) < 4.78 is 47.4. The van der Waals surface area contributed by atoms with Crippen LogP contribution in [-0.2, 0) is 75.4 Å². The van der Waals surface area contributed by atoms with E-state index in [1.54, 1.807) is 35.3 Å². The van der Waals surface area contributed by atoms with E-state index in [0.29, 0.717) is 63.1 Å². The van der Waals surface area contributed by atoms with Gasteiger partial charge in [0.1, 0.15) is 11.2 Å². The molecule has 2 amide bonds. The fourth-order valence-electron chi connectivity index (χ4n) is 5.18. The van der Waals surface area contributed by atoms with Gasteiger partial charge in [0.25, 0.3) is 16.6 Å².